The Morgan fingerprint density at radius 2 is 0.459 bits per heavy atom. The van der Waals surface area contributed by atoms with E-state index < -0.39 is 24.3 Å². The van der Waals surface area contributed by atoms with Crippen LogP contribution in [0.1, 0.15) is 495 Å². The highest BCUT2D eigenvalue weighted by Crippen LogP contribution is 2.22. The molecule has 0 aliphatic carbocycles. The second kappa shape index (κ2) is 81.0. The summed E-state index contributed by atoms with van der Waals surface area (Å²) in [4.78, 5) is 37.7. The molecule has 98 heavy (non-hydrogen) atoms. The summed E-state index contributed by atoms with van der Waals surface area (Å²) in [7, 11) is 5.96. The van der Waals surface area contributed by atoms with E-state index >= 15 is 0 Å². The van der Waals surface area contributed by atoms with E-state index in [0.717, 1.165) is 38.5 Å². The molecular formula is C89H175NO8. The number of esters is 2. The number of likely N-dealkylation sites (N-methyl/N-ethyl adjacent to an activating group) is 1. The van der Waals surface area contributed by atoms with Crippen LogP contribution in [0.2, 0.25) is 0 Å². The van der Waals surface area contributed by atoms with Gasteiger partial charge in [-0.05, 0) is 12.8 Å². The van der Waals surface area contributed by atoms with Crippen molar-refractivity contribution in [1.82, 2.24) is 0 Å². The van der Waals surface area contributed by atoms with Crippen LogP contribution in [0, 0.1) is 0 Å². The zero-order valence-corrected chi connectivity index (χ0v) is 67.2. The molecule has 0 spiro atoms. The lowest BCUT2D eigenvalue weighted by atomic mass is 10.0. The number of carboxylic acids is 1. The summed E-state index contributed by atoms with van der Waals surface area (Å²) >= 11 is 0. The Morgan fingerprint density at radius 3 is 0.653 bits per heavy atom. The molecular weight excluding hydrogens is 1210 g/mol. The van der Waals surface area contributed by atoms with Crippen molar-refractivity contribution in [2.24, 2.45) is 0 Å². The van der Waals surface area contributed by atoms with Gasteiger partial charge in [0.2, 0.25) is 0 Å². The van der Waals surface area contributed by atoms with Gasteiger partial charge in [-0.2, -0.15) is 0 Å². The van der Waals surface area contributed by atoms with Gasteiger partial charge < -0.3 is 33.3 Å². The Balaban J connectivity index is 3.88. The van der Waals surface area contributed by atoms with Crippen LogP contribution in [0.4, 0.5) is 0 Å². The molecule has 0 bridgehead atoms. The molecule has 9 nitrogen and oxygen atoms in total. The van der Waals surface area contributed by atoms with Gasteiger partial charge in [0.15, 0.2) is 12.4 Å². The number of aliphatic carboxylic acids is 1. The molecule has 0 amide bonds. The third-order valence-electron chi connectivity index (χ3n) is 21.1. The highest BCUT2D eigenvalue weighted by Gasteiger charge is 2.22. The smallest absolute Gasteiger partial charge is 0.306 e. The molecule has 0 aromatic rings. The maximum Gasteiger partial charge on any atom is 0.306 e. The standard InChI is InChI=1S/C89H175NO8/c1-6-8-10-12-14-16-18-20-22-24-26-28-30-32-34-36-38-40-42-43-44-45-46-48-50-52-54-56-58-60-62-64-66-68-70-72-74-76-78-80-87(92)98-85(84-97-89(88(93)94)95-82-81-90(3,4)5)83-96-86(91)79-77-75-73-71-69-67-65-63-61-59-57-55-53-51-49-47-41-39-37-35-33-31-29-27-25-23-21-19-17-15-13-11-9-7-2/h85,89H,6-84H2,1-5H3. The number of nitrogens with zero attached hydrogens (tertiary/aromatic N) is 1. The Bertz CT molecular complexity index is 1570. The van der Waals surface area contributed by atoms with Crippen molar-refractivity contribution in [2.45, 2.75) is 508 Å². The second-order valence-corrected chi connectivity index (χ2v) is 32.3. The maximum absolute atomic E-state index is 13.0. The number of hydrogen-bond acceptors (Lipinski definition) is 8. The summed E-state index contributed by atoms with van der Waals surface area (Å²) in [6, 6.07) is 0. The summed E-state index contributed by atoms with van der Waals surface area (Å²) in [6.07, 6.45) is 98.6. The van der Waals surface area contributed by atoms with Crippen molar-refractivity contribution in [3.8, 4) is 0 Å². The van der Waals surface area contributed by atoms with Crippen LogP contribution in [0.15, 0.2) is 0 Å². The predicted octanol–water partition coefficient (Wildman–Crippen LogP) is 27.6. The van der Waals surface area contributed by atoms with Crippen LogP contribution in [-0.2, 0) is 33.3 Å². The van der Waals surface area contributed by atoms with Gasteiger partial charge in [0.05, 0.1) is 40.3 Å². The van der Waals surface area contributed by atoms with Gasteiger partial charge in [-0.15, -0.1) is 0 Å². The van der Waals surface area contributed by atoms with E-state index in [2.05, 4.69) is 13.8 Å². The fourth-order valence-corrected chi connectivity index (χ4v) is 14.3. The molecule has 0 saturated heterocycles. The molecule has 584 valence electrons. The first kappa shape index (κ1) is 96.3. The van der Waals surface area contributed by atoms with E-state index in [1.165, 1.54) is 430 Å². The molecule has 0 saturated carbocycles. The van der Waals surface area contributed by atoms with Crippen LogP contribution in [0.25, 0.3) is 0 Å². The van der Waals surface area contributed by atoms with Crippen molar-refractivity contribution >= 4 is 17.9 Å². The zero-order valence-electron chi connectivity index (χ0n) is 67.2. The van der Waals surface area contributed by atoms with Crippen molar-refractivity contribution in [3.63, 3.8) is 0 Å². The first-order chi connectivity index (χ1) is 48.1. The SMILES string of the molecule is CCCCCCCCCCCCCCCCCCCCCCCCCCCCCCCCCCCCCCCCCC(=O)OC(COC(=O)CCCCCCCCCCCCCCCCCCCCCCCCCCCCCCCCCCCC)COC(OCC[N+](C)(C)C)C(=O)[O-]. The number of quaternary nitrogens is 1. The minimum absolute atomic E-state index is 0.154. The van der Waals surface area contributed by atoms with Crippen molar-refractivity contribution in [1.29, 1.82) is 0 Å². The molecule has 2 unspecified atom stereocenters. The predicted molar refractivity (Wildman–Crippen MR) is 422 cm³/mol. The first-order valence-electron chi connectivity index (χ1n) is 44.7. The van der Waals surface area contributed by atoms with Gasteiger partial charge in [-0.3, -0.25) is 9.59 Å². The third kappa shape index (κ3) is 81.6. The average Bonchev–Trinajstić information content (AvgIpc) is 1.38. The van der Waals surface area contributed by atoms with E-state index in [1.54, 1.807) is 0 Å². The Labute approximate surface area is 613 Å². The number of ether oxygens (including phenoxy) is 4. The van der Waals surface area contributed by atoms with E-state index in [-0.39, 0.29) is 32.2 Å². The lowest BCUT2D eigenvalue weighted by Crippen LogP contribution is -2.44. The zero-order chi connectivity index (χ0) is 71.1. The van der Waals surface area contributed by atoms with E-state index in [9.17, 15) is 19.5 Å². The lowest BCUT2D eigenvalue weighted by Gasteiger charge is -2.26. The van der Waals surface area contributed by atoms with Crippen LogP contribution < -0.4 is 5.11 Å². The van der Waals surface area contributed by atoms with E-state index in [1.807, 2.05) is 21.1 Å². The normalized spacial score (nSPS) is 12.5. The molecule has 0 radical (unpaired) electrons. The number of carbonyl (C=O) groups is 3. The number of unbranched alkanes of at least 4 members (excludes halogenated alkanes) is 71. The number of hydrogen-bond donors (Lipinski definition) is 0. The Hall–Kier alpha value is -1.71. The maximum atomic E-state index is 13.0. The van der Waals surface area contributed by atoms with Crippen molar-refractivity contribution in [2.75, 3.05) is 47.5 Å². The monoisotopic (exact) mass is 1390 g/mol. The van der Waals surface area contributed by atoms with Gasteiger partial charge in [-0.1, -0.05) is 470 Å². The Kier molecular flexibility index (Phi) is 79.6. The number of rotatable bonds is 86. The molecule has 0 rings (SSSR count). The van der Waals surface area contributed by atoms with Gasteiger partial charge in [0, 0.05) is 12.8 Å². The molecule has 2 atom stereocenters. The van der Waals surface area contributed by atoms with Crippen molar-refractivity contribution < 1.29 is 42.9 Å². The highest BCUT2D eigenvalue weighted by atomic mass is 16.7. The molecule has 0 fully saturated rings. The van der Waals surface area contributed by atoms with Gasteiger partial charge >= 0.3 is 11.9 Å². The fourth-order valence-electron chi connectivity index (χ4n) is 14.3. The molecule has 0 aliphatic heterocycles. The number of carbonyl (C=O) groups excluding carboxylic acids is 3. The molecule has 0 aromatic heterocycles. The summed E-state index contributed by atoms with van der Waals surface area (Å²) in [5.41, 5.74) is 0. The molecule has 0 aliphatic rings. The summed E-state index contributed by atoms with van der Waals surface area (Å²) in [5, 5.41) is 11.9. The first-order valence-corrected chi connectivity index (χ1v) is 44.7. The average molecular weight is 1390 g/mol. The van der Waals surface area contributed by atoms with Crippen LogP contribution in [0.5, 0.6) is 0 Å². The Morgan fingerprint density at radius 1 is 0.265 bits per heavy atom. The van der Waals surface area contributed by atoms with Crippen LogP contribution in [0.3, 0.4) is 0 Å². The fraction of sp³-hybridized carbons (Fsp3) is 0.966. The molecule has 0 aromatic carbocycles. The largest absolute Gasteiger partial charge is 0.545 e. The van der Waals surface area contributed by atoms with E-state index in [0.29, 0.717) is 17.4 Å². The van der Waals surface area contributed by atoms with Gasteiger partial charge in [-0.25, -0.2) is 0 Å². The number of carboxylic acid groups (broad SMARTS) is 1. The highest BCUT2D eigenvalue weighted by molar-refractivity contribution is 5.70. The van der Waals surface area contributed by atoms with Crippen LogP contribution >= 0.6 is 0 Å². The molecule has 0 N–H and O–H groups in total. The summed E-state index contributed by atoms with van der Waals surface area (Å²) < 4.78 is 22.9. The van der Waals surface area contributed by atoms with Gasteiger partial charge in [0.1, 0.15) is 13.2 Å². The topological polar surface area (TPSA) is 111 Å². The minimum atomic E-state index is -1.62. The molecule has 0 heterocycles. The quantitative estimate of drug-likeness (QED) is 0.0256. The molecule has 9 heteroatoms. The lowest BCUT2D eigenvalue weighted by molar-refractivity contribution is -0.870. The van der Waals surface area contributed by atoms with Crippen LogP contribution in [-0.4, -0.2) is 82.3 Å². The minimum Gasteiger partial charge on any atom is -0.545 e. The van der Waals surface area contributed by atoms with Crippen molar-refractivity contribution in [3.05, 3.63) is 0 Å². The summed E-state index contributed by atoms with van der Waals surface area (Å²) in [5.74, 6) is -2.24. The summed E-state index contributed by atoms with van der Waals surface area (Å²) in [6.45, 7) is 4.87. The van der Waals surface area contributed by atoms with Gasteiger partial charge in [0.25, 0.3) is 0 Å². The second-order valence-electron chi connectivity index (χ2n) is 32.3. The third-order valence-corrected chi connectivity index (χ3v) is 21.1. The van der Waals surface area contributed by atoms with E-state index in [4.69, 9.17) is 18.9 Å².